The maximum Gasteiger partial charge on any atom is 0.136 e. The Bertz CT molecular complexity index is 1510. The van der Waals surface area contributed by atoms with E-state index in [1.807, 2.05) is 18.2 Å². The van der Waals surface area contributed by atoms with E-state index < -0.39 is 0 Å². The second-order valence-corrected chi connectivity index (χ2v) is 7.51. The summed E-state index contributed by atoms with van der Waals surface area (Å²) >= 11 is 0. The van der Waals surface area contributed by atoms with Crippen molar-refractivity contribution in [3.05, 3.63) is 109 Å². The van der Waals surface area contributed by atoms with Crippen LogP contribution >= 0.6 is 0 Å². The summed E-state index contributed by atoms with van der Waals surface area (Å²) in [4.78, 5) is 0. The third kappa shape index (κ3) is 2.73. The van der Waals surface area contributed by atoms with Gasteiger partial charge in [0.05, 0.1) is 0 Å². The standard InChI is InChI=1S/C28H19NO/c1-2-8-19(9-3-1)22-10-4-6-12-25(22)29-21-15-16-23-20(18-21)14-17-27-28(23)24-11-5-7-13-26(24)30-27/h1-18,29H. The number of nitrogens with one attached hydrogen (secondary N) is 1. The molecular weight excluding hydrogens is 366 g/mol. The SMILES string of the molecule is c1ccc(-c2ccccc2Nc2ccc3c(ccc4oc5ccccc5c43)c2)cc1. The summed E-state index contributed by atoms with van der Waals surface area (Å²) in [7, 11) is 0. The second kappa shape index (κ2) is 6.78. The molecule has 0 saturated heterocycles. The number of benzene rings is 5. The van der Waals surface area contributed by atoms with Crippen molar-refractivity contribution in [1.29, 1.82) is 0 Å². The van der Waals surface area contributed by atoms with Gasteiger partial charge in [-0.2, -0.15) is 0 Å². The van der Waals surface area contributed by atoms with E-state index in [2.05, 4.69) is 96.3 Å². The first kappa shape index (κ1) is 16.9. The largest absolute Gasteiger partial charge is 0.456 e. The number of para-hydroxylation sites is 2. The third-order valence-electron chi connectivity index (χ3n) is 5.65. The number of hydrogen-bond acceptors (Lipinski definition) is 2. The lowest BCUT2D eigenvalue weighted by atomic mass is 10.0. The van der Waals surface area contributed by atoms with Crippen LogP contribution in [0, 0.1) is 0 Å². The minimum absolute atomic E-state index is 0.929. The van der Waals surface area contributed by atoms with Crippen molar-refractivity contribution in [3.63, 3.8) is 0 Å². The van der Waals surface area contributed by atoms with Crippen molar-refractivity contribution in [1.82, 2.24) is 0 Å². The molecule has 5 aromatic carbocycles. The van der Waals surface area contributed by atoms with E-state index in [0.717, 1.165) is 27.9 Å². The highest BCUT2D eigenvalue weighted by atomic mass is 16.3. The zero-order chi connectivity index (χ0) is 19.9. The highest BCUT2D eigenvalue weighted by Crippen LogP contribution is 2.36. The molecule has 142 valence electrons. The smallest absolute Gasteiger partial charge is 0.136 e. The van der Waals surface area contributed by atoms with Gasteiger partial charge in [0, 0.05) is 27.7 Å². The lowest BCUT2D eigenvalue weighted by molar-refractivity contribution is 0.669. The molecular formula is C28H19NO. The van der Waals surface area contributed by atoms with E-state index in [9.17, 15) is 0 Å². The van der Waals surface area contributed by atoms with Crippen LogP contribution in [0.5, 0.6) is 0 Å². The Morgan fingerprint density at radius 1 is 0.567 bits per heavy atom. The molecule has 30 heavy (non-hydrogen) atoms. The maximum atomic E-state index is 6.04. The molecule has 0 unspecified atom stereocenters. The zero-order valence-electron chi connectivity index (χ0n) is 16.3. The lowest BCUT2D eigenvalue weighted by Crippen LogP contribution is -1.93. The first-order valence-electron chi connectivity index (χ1n) is 10.1. The van der Waals surface area contributed by atoms with Crippen molar-refractivity contribution in [3.8, 4) is 11.1 Å². The molecule has 1 aromatic heterocycles. The number of fused-ring (bicyclic) bond motifs is 5. The van der Waals surface area contributed by atoms with Crippen molar-refractivity contribution in [2.24, 2.45) is 0 Å². The van der Waals surface area contributed by atoms with Gasteiger partial charge in [0.25, 0.3) is 0 Å². The fraction of sp³-hybridized carbons (Fsp3) is 0. The molecule has 1 heterocycles. The number of furan rings is 1. The predicted octanol–water partition coefficient (Wildman–Crippen LogP) is 8.15. The van der Waals surface area contributed by atoms with Gasteiger partial charge in [-0.15, -0.1) is 0 Å². The number of rotatable bonds is 3. The fourth-order valence-electron chi connectivity index (χ4n) is 4.25. The second-order valence-electron chi connectivity index (χ2n) is 7.51. The molecule has 0 atom stereocenters. The van der Waals surface area contributed by atoms with Crippen LogP contribution in [0.3, 0.4) is 0 Å². The summed E-state index contributed by atoms with van der Waals surface area (Å²) in [5.74, 6) is 0. The van der Waals surface area contributed by atoms with E-state index in [4.69, 9.17) is 4.42 Å². The van der Waals surface area contributed by atoms with E-state index in [1.54, 1.807) is 0 Å². The zero-order valence-corrected chi connectivity index (χ0v) is 16.3. The molecule has 0 spiro atoms. The van der Waals surface area contributed by atoms with Crippen LogP contribution in [-0.2, 0) is 0 Å². The van der Waals surface area contributed by atoms with Gasteiger partial charge >= 0.3 is 0 Å². The van der Waals surface area contributed by atoms with Crippen molar-refractivity contribution in [2.45, 2.75) is 0 Å². The van der Waals surface area contributed by atoms with Crippen LogP contribution in [0.1, 0.15) is 0 Å². The van der Waals surface area contributed by atoms with Crippen molar-refractivity contribution in [2.75, 3.05) is 5.32 Å². The molecule has 2 nitrogen and oxygen atoms in total. The molecule has 0 bridgehead atoms. The molecule has 0 aliphatic rings. The Kier molecular flexibility index (Phi) is 3.82. The normalized spacial score (nSPS) is 11.3. The van der Waals surface area contributed by atoms with E-state index in [-0.39, 0.29) is 0 Å². The molecule has 0 amide bonds. The van der Waals surface area contributed by atoms with Gasteiger partial charge in [0.15, 0.2) is 0 Å². The molecule has 6 aromatic rings. The van der Waals surface area contributed by atoms with E-state index >= 15 is 0 Å². The van der Waals surface area contributed by atoms with Gasteiger partial charge in [-0.05, 0) is 46.7 Å². The van der Waals surface area contributed by atoms with E-state index in [1.165, 1.54) is 27.3 Å². The molecule has 0 saturated carbocycles. The third-order valence-corrected chi connectivity index (χ3v) is 5.65. The Morgan fingerprint density at radius 3 is 2.30 bits per heavy atom. The van der Waals surface area contributed by atoms with Gasteiger partial charge in [0.2, 0.25) is 0 Å². The molecule has 2 heteroatoms. The molecule has 1 N–H and O–H groups in total. The minimum atomic E-state index is 0.929. The molecule has 0 aliphatic carbocycles. The van der Waals surface area contributed by atoms with Crippen molar-refractivity contribution < 1.29 is 4.42 Å². The van der Waals surface area contributed by atoms with Gasteiger partial charge in [0.1, 0.15) is 11.2 Å². The minimum Gasteiger partial charge on any atom is -0.456 e. The summed E-state index contributed by atoms with van der Waals surface area (Å²) in [6.07, 6.45) is 0. The van der Waals surface area contributed by atoms with Gasteiger partial charge < -0.3 is 9.73 Å². The monoisotopic (exact) mass is 385 g/mol. The molecule has 6 rings (SSSR count). The quantitative estimate of drug-likeness (QED) is 0.332. The summed E-state index contributed by atoms with van der Waals surface area (Å²) in [5.41, 5.74) is 6.41. The van der Waals surface area contributed by atoms with Crippen LogP contribution < -0.4 is 5.32 Å². The summed E-state index contributed by atoms with van der Waals surface area (Å²) in [5, 5.41) is 8.36. The Balaban J connectivity index is 1.46. The van der Waals surface area contributed by atoms with Crippen molar-refractivity contribution >= 4 is 44.1 Å². The Morgan fingerprint density at radius 2 is 1.37 bits per heavy atom. The number of anilines is 2. The summed E-state index contributed by atoms with van der Waals surface area (Å²) in [6, 6.07) is 37.9. The van der Waals surface area contributed by atoms with Crippen LogP contribution in [0.25, 0.3) is 43.8 Å². The summed E-state index contributed by atoms with van der Waals surface area (Å²) in [6.45, 7) is 0. The summed E-state index contributed by atoms with van der Waals surface area (Å²) < 4.78 is 6.04. The first-order chi connectivity index (χ1) is 14.9. The highest BCUT2D eigenvalue weighted by Gasteiger charge is 2.11. The molecule has 0 fully saturated rings. The fourth-order valence-corrected chi connectivity index (χ4v) is 4.25. The Labute approximate surface area is 174 Å². The van der Waals surface area contributed by atoms with Crippen LogP contribution in [0.4, 0.5) is 11.4 Å². The average Bonchev–Trinajstić information content (AvgIpc) is 3.19. The predicted molar refractivity (Wildman–Crippen MR) is 126 cm³/mol. The van der Waals surface area contributed by atoms with Crippen LogP contribution in [0.2, 0.25) is 0 Å². The topological polar surface area (TPSA) is 25.2 Å². The highest BCUT2D eigenvalue weighted by molar-refractivity contribution is 6.19. The number of hydrogen-bond donors (Lipinski definition) is 1. The lowest BCUT2D eigenvalue weighted by Gasteiger charge is -2.13. The van der Waals surface area contributed by atoms with Crippen LogP contribution in [0.15, 0.2) is 114 Å². The van der Waals surface area contributed by atoms with Gasteiger partial charge in [-0.3, -0.25) is 0 Å². The van der Waals surface area contributed by atoms with E-state index in [0.29, 0.717) is 0 Å². The average molecular weight is 385 g/mol. The van der Waals surface area contributed by atoms with Gasteiger partial charge in [-0.25, -0.2) is 0 Å². The maximum absolute atomic E-state index is 6.04. The molecule has 0 aliphatic heterocycles. The Hall–Kier alpha value is -4.04. The first-order valence-corrected chi connectivity index (χ1v) is 10.1. The molecule has 0 radical (unpaired) electrons. The van der Waals surface area contributed by atoms with Crippen LogP contribution in [-0.4, -0.2) is 0 Å². The van der Waals surface area contributed by atoms with Gasteiger partial charge in [-0.1, -0.05) is 78.9 Å².